The predicted molar refractivity (Wildman–Crippen MR) is 509 cm³/mol. The van der Waals surface area contributed by atoms with Crippen molar-refractivity contribution >= 4 is 119 Å². The van der Waals surface area contributed by atoms with Crippen molar-refractivity contribution in [1.29, 1.82) is 0 Å². The third kappa shape index (κ3) is 20.7. The number of nitrogens with zero attached hydrogens (tertiary/aromatic N) is 8. The number of hydrogen-bond acceptors (Lipinski definition) is 21. The normalized spacial score (nSPS) is 16.6. The number of unbranched alkanes of at least 4 members (excludes halogenated alkanes) is 3. The maximum absolute atomic E-state index is 15.9. The number of ether oxygens (including phenoxy) is 1. The Bertz CT molecular complexity index is 7490. The molecule has 9 N–H and O–H groups in total. The van der Waals surface area contributed by atoms with Gasteiger partial charge in [-0.2, -0.15) is 47.1 Å². The van der Waals surface area contributed by atoms with Crippen LogP contribution in [0.1, 0.15) is 129 Å². The summed E-state index contributed by atoms with van der Waals surface area (Å²) in [5.41, 5.74) is 15.6. The third-order valence-corrected chi connectivity index (χ3v) is 31.4. The Labute approximate surface area is 791 Å². The van der Waals surface area contributed by atoms with E-state index in [2.05, 4.69) is 31.2 Å². The lowest BCUT2D eigenvalue weighted by Gasteiger charge is -2.31. The number of nitrogens with two attached hydrogens (primary N) is 1. The van der Waals surface area contributed by atoms with Gasteiger partial charge in [0.1, 0.15) is 30.7 Å². The molecule has 0 unspecified atom stereocenters. The minimum Gasteiger partial charge on any atom is -0.480 e. The molecule has 9 aromatic rings. The Hall–Kier alpha value is -12.7. The number of aromatic nitrogens is 3. The highest BCUT2D eigenvalue weighted by Gasteiger charge is 2.45. The minimum atomic E-state index is -4.52. The molecular formula is C98H102F2N12O20S5+2. The second-order valence-corrected chi connectivity index (χ2v) is 43.2. The first-order valence-electron chi connectivity index (χ1n) is 44.6. The number of amides is 3. The molecule has 6 aliphatic heterocycles. The molecule has 3 amide bonds. The van der Waals surface area contributed by atoms with Gasteiger partial charge in [0.15, 0.2) is 35.4 Å². The number of piperidine rings is 1. The summed E-state index contributed by atoms with van der Waals surface area (Å²) in [5, 5.41) is 18.1. The molecule has 0 bridgehead atoms. The number of rotatable bonds is 34. The SMILES string of the molecule is C[N+]1=C(/C=C/C=C/C=C2\N(CCCCCC(=O)NCc3cn(-c4cccc(C(=O)N[C@@H](CCCCN)C(=O)COc5c(F)cc(CCNC(=O)C6CCN(S(=O)(=O)c7ccccc7-c7c8ccc(=[N+]9CCc%10cc(S(=O)(=O)O)ccc%109)cc-8oc8cc(N9CCc%10cc(S(=O)(=O)O)ccc%109)ccc78)CC6)cc5F)c4)nn3)c3ccc(S(=O)(=O)O)cc3C2(C)C)C(C)(C)c2cc(S(=O)(=O)O)ccc21. The number of sulfonamides is 1. The van der Waals surface area contributed by atoms with Crippen molar-refractivity contribution in [2.24, 2.45) is 11.7 Å². The fourth-order valence-corrected chi connectivity index (χ4v) is 22.6. The molecular weight excluding hydrogens is 1860 g/mol. The molecule has 0 saturated carbocycles. The average molecular weight is 1970 g/mol. The summed E-state index contributed by atoms with van der Waals surface area (Å²) in [6.07, 6.45) is 15.2. The first kappa shape index (κ1) is 97.4. The topological polar surface area (TPSA) is 451 Å². The summed E-state index contributed by atoms with van der Waals surface area (Å²) in [6, 6.07) is 42.6. The molecule has 8 aromatic carbocycles. The second-order valence-electron chi connectivity index (χ2n) is 35.6. The van der Waals surface area contributed by atoms with Crippen molar-refractivity contribution in [3.8, 4) is 33.9 Å². The van der Waals surface area contributed by atoms with Gasteiger partial charge in [0.25, 0.3) is 46.4 Å². The van der Waals surface area contributed by atoms with Crippen molar-refractivity contribution in [2.45, 2.75) is 153 Å². The van der Waals surface area contributed by atoms with Crippen molar-refractivity contribution in [3.63, 3.8) is 0 Å². The lowest BCUT2D eigenvalue weighted by molar-refractivity contribution is -0.401. The van der Waals surface area contributed by atoms with E-state index in [-0.39, 0.29) is 106 Å². The summed E-state index contributed by atoms with van der Waals surface area (Å²) < 4.78 is 218. The first-order chi connectivity index (χ1) is 65.0. The summed E-state index contributed by atoms with van der Waals surface area (Å²) in [6.45, 7) is 8.65. The van der Waals surface area contributed by atoms with E-state index in [9.17, 15) is 71.1 Å². The molecule has 16 rings (SSSR count). The molecule has 1 saturated heterocycles. The van der Waals surface area contributed by atoms with Crippen LogP contribution in [0.2, 0.25) is 0 Å². The summed E-state index contributed by atoms with van der Waals surface area (Å²) in [7, 11) is -20.3. The average Bonchev–Trinajstić information content (AvgIpc) is 1.73. The van der Waals surface area contributed by atoms with Crippen LogP contribution >= 0.6 is 0 Å². The molecule has 0 radical (unpaired) electrons. The van der Waals surface area contributed by atoms with Crippen LogP contribution in [0.3, 0.4) is 0 Å². The van der Waals surface area contributed by atoms with Gasteiger partial charge in [-0.05, 0) is 216 Å². The maximum Gasteiger partial charge on any atom is 0.294 e. The van der Waals surface area contributed by atoms with Crippen LogP contribution in [0.25, 0.3) is 39.1 Å². The summed E-state index contributed by atoms with van der Waals surface area (Å²) in [4.78, 5) is 58.2. The number of Topliss-reactive ketones (excluding diaryl/α,β-unsaturated/α-hetero) is 1. The molecule has 137 heavy (non-hydrogen) atoms. The fourth-order valence-electron chi connectivity index (χ4n) is 18.9. The molecule has 1 atom stereocenters. The van der Waals surface area contributed by atoms with E-state index < -0.39 is 115 Å². The molecule has 32 nitrogen and oxygen atoms in total. The van der Waals surface area contributed by atoms with Crippen LogP contribution in [0.5, 0.6) is 5.75 Å². The van der Waals surface area contributed by atoms with E-state index in [0.717, 1.165) is 40.5 Å². The zero-order valence-corrected chi connectivity index (χ0v) is 79.5. The summed E-state index contributed by atoms with van der Waals surface area (Å²) in [5.74, 6) is -5.32. The molecule has 39 heteroatoms. The van der Waals surface area contributed by atoms with Crippen molar-refractivity contribution in [2.75, 3.05) is 69.3 Å². The van der Waals surface area contributed by atoms with Gasteiger partial charge < -0.3 is 40.6 Å². The number of benzene rings is 9. The molecule has 1 aliphatic carbocycles. The number of fused-ring (bicyclic) bond motifs is 6. The highest BCUT2D eigenvalue weighted by molar-refractivity contribution is 7.89. The standard InChI is InChI=1S/C98H100F2N12O20S5/c1-97(2)77-56-72(136(125,126)127)29-35-84(77)107(5)90(97)22-8-6-9-23-91-98(3,4)78-57-73(137(128,129)130)30-36-85(78)111(91)44-15-7-10-24-92(114)103-58-66-59-112(106-105-66)69-18-16-17-65(51-69)96(116)104-81(20-13-14-42-101)86(113)60-131-94-79(99)49-61(50-80(94)100)37-43-102-95(115)62-38-45-108(46-39-62)133(117,118)89-21-12-11-19-76(89)93-74-31-25-67(109-47-40-63-52-70(134(119,120)121)27-33-82(63)109)54-87(74)132-88-55-68(26-32-75(88)93)110-48-41-64-53-71(135(122,123)124)28-34-83(64)110/h6,8-9,11-12,16-19,21-23,25-36,49-57,59,62,81H,7,10,13-15,20,24,37-48,58,60,101H2,1-5H3,(H5-2,102,103,104,114,115,116,119,120,121,122,123,124,125,126,127,128,129,130)/p+2/t81-/m0/s1. The molecule has 7 heterocycles. The van der Waals surface area contributed by atoms with Crippen molar-refractivity contribution < 1.29 is 102 Å². The number of anilines is 3. The van der Waals surface area contributed by atoms with Crippen LogP contribution in [0, 0.1) is 17.6 Å². The van der Waals surface area contributed by atoms with Crippen LogP contribution in [-0.4, -0.2) is 179 Å². The van der Waals surface area contributed by atoms with Gasteiger partial charge in [-0.3, -0.25) is 37.4 Å². The van der Waals surface area contributed by atoms with Gasteiger partial charge in [-0.15, -0.1) is 5.10 Å². The largest absolute Gasteiger partial charge is 0.480 e. The van der Waals surface area contributed by atoms with E-state index in [0.29, 0.717) is 148 Å². The van der Waals surface area contributed by atoms with Crippen LogP contribution in [0.4, 0.5) is 37.2 Å². The Morgan fingerprint density at radius 1 is 0.650 bits per heavy atom. The van der Waals surface area contributed by atoms with E-state index in [1.165, 1.54) is 75.7 Å². The van der Waals surface area contributed by atoms with E-state index in [4.69, 9.17) is 14.9 Å². The van der Waals surface area contributed by atoms with Crippen LogP contribution in [-0.2, 0) is 102 Å². The zero-order chi connectivity index (χ0) is 97.6. The smallest absolute Gasteiger partial charge is 0.294 e. The number of hydrogen-bond donors (Lipinski definition) is 8. The third-order valence-electron chi connectivity index (χ3n) is 26.0. The summed E-state index contributed by atoms with van der Waals surface area (Å²) >= 11 is 0. The number of allylic oxidation sites excluding steroid dienone is 6. The number of halogens is 2. The Kier molecular flexibility index (Phi) is 27.8. The quantitative estimate of drug-likeness (QED) is 0.00610. The Morgan fingerprint density at radius 2 is 1.33 bits per heavy atom. The number of nitrogens with one attached hydrogen (secondary N) is 3. The van der Waals surface area contributed by atoms with E-state index in [1.807, 2.05) is 116 Å². The molecule has 1 aromatic heterocycles. The van der Waals surface area contributed by atoms with Gasteiger partial charge in [0.2, 0.25) is 38.6 Å². The van der Waals surface area contributed by atoms with Gasteiger partial charge in [-0.25, -0.2) is 21.9 Å². The molecule has 0 spiro atoms. The highest BCUT2D eigenvalue weighted by Crippen LogP contribution is 2.50. The van der Waals surface area contributed by atoms with E-state index >= 15 is 17.2 Å². The Morgan fingerprint density at radius 3 is 2.04 bits per heavy atom. The fraction of sp³-hybridized carbons (Fsp3) is 0.306. The van der Waals surface area contributed by atoms with Gasteiger partial charge in [-0.1, -0.05) is 68.0 Å². The first-order valence-corrected chi connectivity index (χ1v) is 51.8. The van der Waals surface area contributed by atoms with Gasteiger partial charge in [0, 0.05) is 149 Å². The van der Waals surface area contributed by atoms with Gasteiger partial charge in [0.05, 0.1) is 60.4 Å². The predicted octanol–water partition coefficient (Wildman–Crippen LogP) is 12.7. The molecule has 716 valence electrons. The second kappa shape index (κ2) is 39.1. The van der Waals surface area contributed by atoms with E-state index in [1.54, 1.807) is 60.8 Å². The lowest BCUT2D eigenvalue weighted by atomic mass is 9.81. The van der Waals surface area contributed by atoms with Crippen molar-refractivity contribution in [3.05, 3.63) is 268 Å². The highest BCUT2D eigenvalue weighted by atomic mass is 32.2. The number of ketones is 1. The van der Waals surface area contributed by atoms with Gasteiger partial charge >= 0.3 is 0 Å². The molecule has 1 fully saturated rings. The molecule has 7 aliphatic rings. The Balaban J connectivity index is 0.505. The number of carbonyl (C=O) groups excluding carboxylic acids is 4. The monoisotopic (exact) mass is 1960 g/mol. The van der Waals surface area contributed by atoms with Crippen LogP contribution < -0.4 is 46.2 Å². The maximum atomic E-state index is 15.9. The number of carbonyl (C=O) groups is 4. The van der Waals surface area contributed by atoms with Crippen molar-refractivity contribution in [1.82, 2.24) is 39.8 Å². The minimum absolute atomic E-state index is 0.0159. The van der Waals surface area contributed by atoms with Crippen LogP contribution in [0.15, 0.2) is 241 Å². The zero-order valence-electron chi connectivity index (χ0n) is 75.4. The lowest BCUT2D eigenvalue weighted by Crippen LogP contribution is -2.43.